The van der Waals surface area contributed by atoms with Crippen LogP contribution in [0, 0.1) is 13.8 Å². The summed E-state index contributed by atoms with van der Waals surface area (Å²) in [6.07, 6.45) is 2.07. The summed E-state index contributed by atoms with van der Waals surface area (Å²) in [5, 5.41) is 3.74. The number of fused-ring (bicyclic) bond motifs is 1. The van der Waals surface area contributed by atoms with Gasteiger partial charge in [-0.1, -0.05) is 22.6 Å². The molecular weight excluding hydrogens is 330 g/mol. The van der Waals surface area contributed by atoms with E-state index in [9.17, 15) is 4.79 Å². The van der Waals surface area contributed by atoms with E-state index in [-0.39, 0.29) is 5.76 Å². The van der Waals surface area contributed by atoms with Crippen molar-refractivity contribution >= 4 is 39.2 Å². The fourth-order valence-corrected chi connectivity index (χ4v) is 3.79. The van der Waals surface area contributed by atoms with Crippen molar-refractivity contribution in [1.82, 2.24) is 9.72 Å². The molecule has 0 spiro atoms. The maximum atomic E-state index is 12.3. The van der Waals surface area contributed by atoms with E-state index in [1.807, 2.05) is 0 Å². The molecule has 0 fully saturated rings. The second-order valence-electron chi connectivity index (χ2n) is 5.25. The molecule has 0 N–H and O–H groups in total. The van der Waals surface area contributed by atoms with Crippen LogP contribution in [-0.2, 0) is 6.54 Å². The fraction of sp³-hybridized carbons (Fsp3) is 0.312. The van der Waals surface area contributed by atoms with Crippen LogP contribution in [-0.4, -0.2) is 27.6 Å². The lowest BCUT2D eigenvalue weighted by Crippen LogP contribution is -2.18. The van der Waals surface area contributed by atoms with Gasteiger partial charge in [0.05, 0.1) is 15.9 Å². The van der Waals surface area contributed by atoms with Gasteiger partial charge in [0, 0.05) is 18.4 Å². The predicted octanol–water partition coefficient (Wildman–Crippen LogP) is 3.41. The Hall–Kier alpha value is -1.86. The predicted molar refractivity (Wildman–Crippen MR) is 94.1 cm³/mol. The molecule has 0 radical (unpaired) electrons. The quantitative estimate of drug-likeness (QED) is 0.726. The molecule has 0 atom stereocenters. The molecule has 2 heterocycles. The Balaban J connectivity index is 2.11. The molecule has 0 bridgehead atoms. The molecular formula is C16H17N3O2S2. The molecule has 0 aliphatic rings. The van der Waals surface area contributed by atoms with Crippen LogP contribution in [0.4, 0.5) is 0 Å². The number of aryl methyl sites for hydroxylation is 3. The molecule has 0 saturated carbocycles. The summed E-state index contributed by atoms with van der Waals surface area (Å²) >= 11 is 3.29. The number of thiazole rings is 1. The Morgan fingerprint density at radius 3 is 2.91 bits per heavy atom. The van der Waals surface area contributed by atoms with Crippen molar-refractivity contribution in [3.63, 3.8) is 0 Å². The molecule has 23 heavy (non-hydrogen) atoms. The number of nitrogens with zero attached hydrogens (tertiary/aromatic N) is 3. The number of thioether (sulfide) groups is 1. The third kappa shape index (κ3) is 3.40. The maximum absolute atomic E-state index is 12.3. The Morgan fingerprint density at radius 2 is 2.22 bits per heavy atom. The van der Waals surface area contributed by atoms with Gasteiger partial charge >= 0.3 is 5.91 Å². The minimum Gasteiger partial charge on any atom is -0.351 e. The van der Waals surface area contributed by atoms with Crippen molar-refractivity contribution in [2.75, 3.05) is 12.0 Å². The lowest BCUT2D eigenvalue weighted by atomic mass is 10.2. The molecule has 3 aromatic rings. The van der Waals surface area contributed by atoms with Crippen molar-refractivity contribution in [1.29, 1.82) is 0 Å². The number of carbonyl (C=O) groups is 1. The summed E-state index contributed by atoms with van der Waals surface area (Å²) in [5.41, 5.74) is 2.97. The van der Waals surface area contributed by atoms with E-state index >= 15 is 0 Å². The van der Waals surface area contributed by atoms with Crippen LogP contribution in [0.1, 0.15) is 21.8 Å². The molecule has 1 amide bonds. The van der Waals surface area contributed by atoms with Gasteiger partial charge in [-0.2, -0.15) is 16.8 Å². The average Bonchev–Trinajstić information content (AvgIpc) is 3.08. The van der Waals surface area contributed by atoms with Crippen molar-refractivity contribution in [2.45, 2.75) is 20.4 Å². The van der Waals surface area contributed by atoms with Gasteiger partial charge in [-0.05, 0) is 37.8 Å². The van der Waals surface area contributed by atoms with Gasteiger partial charge in [0.15, 0.2) is 4.80 Å². The van der Waals surface area contributed by atoms with Gasteiger partial charge in [0.1, 0.15) is 0 Å². The van der Waals surface area contributed by atoms with Crippen molar-refractivity contribution in [2.24, 2.45) is 4.99 Å². The molecule has 5 nitrogen and oxygen atoms in total. The molecule has 3 rings (SSSR count). The van der Waals surface area contributed by atoms with Crippen molar-refractivity contribution in [3.8, 4) is 0 Å². The van der Waals surface area contributed by atoms with E-state index in [2.05, 4.69) is 46.1 Å². The number of rotatable bonds is 4. The standard InChI is InChI=1S/C16H17N3O2S2/c1-10-4-5-12-14(8-10)23-16(19(12)6-7-22-3)17-15(20)13-9-11(2)18-21-13/h4-5,8-9H,6-7H2,1-3H3. The molecule has 0 aliphatic heterocycles. The van der Waals surface area contributed by atoms with Gasteiger partial charge in [-0.25, -0.2) is 0 Å². The lowest BCUT2D eigenvalue weighted by Gasteiger charge is -2.03. The van der Waals surface area contributed by atoms with E-state index in [4.69, 9.17) is 4.52 Å². The van der Waals surface area contributed by atoms with E-state index in [0.29, 0.717) is 10.5 Å². The van der Waals surface area contributed by atoms with E-state index < -0.39 is 5.91 Å². The lowest BCUT2D eigenvalue weighted by molar-refractivity contribution is 0.0962. The number of hydrogen-bond donors (Lipinski definition) is 0. The first-order valence-electron chi connectivity index (χ1n) is 7.20. The fourth-order valence-electron chi connectivity index (χ4n) is 2.27. The normalized spacial score (nSPS) is 12.2. The number of amides is 1. The minimum absolute atomic E-state index is 0.174. The Morgan fingerprint density at radius 1 is 1.39 bits per heavy atom. The SMILES string of the molecule is CSCCn1c(=NC(=O)c2cc(C)no2)sc2cc(C)ccc21. The second kappa shape index (κ2) is 6.72. The first kappa shape index (κ1) is 16.0. The zero-order valence-corrected chi connectivity index (χ0v) is 14.8. The highest BCUT2D eigenvalue weighted by molar-refractivity contribution is 7.98. The number of hydrogen-bond acceptors (Lipinski definition) is 5. The maximum Gasteiger partial charge on any atom is 0.318 e. The van der Waals surface area contributed by atoms with Gasteiger partial charge < -0.3 is 9.09 Å². The smallest absolute Gasteiger partial charge is 0.318 e. The van der Waals surface area contributed by atoms with Crippen LogP contribution >= 0.6 is 23.1 Å². The van der Waals surface area contributed by atoms with Gasteiger partial charge in [0.2, 0.25) is 5.76 Å². The first-order valence-corrected chi connectivity index (χ1v) is 9.41. The largest absolute Gasteiger partial charge is 0.351 e. The number of aromatic nitrogens is 2. The van der Waals surface area contributed by atoms with Crippen LogP contribution < -0.4 is 4.80 Å². The van der Waals surface area contributed by atoms with Crippen LogP contribution in [0.15, 0.2) is 33.8 Å². The summed E-state index contributed by atoms with van der Waals surface area (Å²) in [6.45, 7) is 4.65. The topological polar surface area (TPSA) is 60.4 Å². The highest BCUT2D eigenvalue weighted by Crippen LogP contribution is 2.19. The van der Waals surface area contributed by atoms with E-state index in [1.165, 1.54) is 16.9 Å². The summed E-state index contributed by atoms with van der Waals surface area (Å²) in [5.74, 6) is 0.738. The molecule has 120 valence electrons. The molecule has 0 saturated heterocycles. The third-order valence-electron chi connectivity index (χ3n) is 3.39. The van der Waals surface area contributed by atoms with Crippen LogP contribution in [0.25, 0.3) is 10.2 Å². The Labute approximate surface area is 142 Å². The van der Waals surface area contributed by atoms with Gasteiger partial charge in [-0.15, -0.1) is 0 Å². The van der Waals surface area contributed by atoms with Crippen LogP contribution in [0.5, 0.6) is 0 Å². The van der Waals surface area contributed by atoms with Crippen molar-refractivity contribution < 1.29 is 9.32 Å². The molecule has 7 heteroatoms. The zero-order chi connectivity index (χ0) is 16.4. The van der Waals surface area contributed by atoms with Crippen molar-refractivity contribution in [3.05, 3.63) is 46.1 Å². The summed E-state index contributed by atoms with van der Waals surface area (Å²) in [6, 6.07) is 7.90. The van der Waals surface area contributed by atoms with Gasteiger partial charge in [0.25, 0.3) is 0 Å². The zero-order valence-electron chi connectivity index (χ0n) is 13.2. The molecule has 0 aliphatic carbocycles. The number of benzene rings is 1. The number of carbonyl (C=O) groups excluding carboxylic acids is 1. The molecule has 0 unspecified atom stereocenters. The second-order valence-corrected chi connectivity index (χ2v) is 7.24. The highest BCUT2D eigenvalue weighted by Gasteiger charge is 2.13. The highest BCUT2D eigenvalue weighted by atomic mass is 32.2. The molecule has 1 aromatic carbocycles. The van der Waals surface area contributed by atoms with Gasteiger partial charge in [-0.3, -0.25) is 4.79 Å². The minimum atomic E-state index is -0.397. The van der Waals surface area contributed by atoms with E-state index in [0.717, 1.165) is 22.5 Å². The molecule has 2 aromatic heterocycles. The Kier molecular flexibility index (Phi) is 4.68. The Bertz CT molecular complexity index is 921. The van der Waals surface area contributed by atoms with E-state index in [1.54, 1.807) is 24.8 Å². The first-order chi connectivity index (χ1) is 11.1. The summed E-state index contributed by atoms with van der Waals surface area (Å²) < 4.78 is 8.24. The van der Waals surface area contributed by atoms with Crippen LogP contribution in [0.2, 0.25) is 0 Å². The summed E-state index contributed by atoms with van der Waals surface area (Å²) in [7, 11) is 0. The monoisotopic (exact) mass is 347 g/mol. The van der Waals surface area contributed by atoms with Crippen LogP contribution in [0.3, 0.4) is 0 Å². The summed E-state index contributed by atoms with van der Waals surface area (Å²) in [4.78, 5) is 17.2. The third-order valence-corrected chi connectivity index (χ3v) is 5.03. The average molecular weight is 347 g/mol.